The third kappa shape index (κ3) is 3.69. The van der Waals surface area contributed by atoms with Gasteiger partial charge in [0.25, 0.3) is 0 Å². The van der Waals surface area contributed by atoms with E-state index in [1.165, 1.54) is 13.0 Å². The fraction of sp³-hybridized carbons (Fsp3) is 0.400. The molecular weight excluding hydrogens is 271 g/mol. The van der Waals surface area contributed by atoms with Crippen molar-refractivity contribution in [3.63, 3.8) is 0 Å². The number of primary sulfonamides is 1. The van der Waals surface area contributed by atoms with E-state index in [-0.39, 0.29) is 12.0 Å². The van der Waals surface area contributed by atoms with Gasteiger partial charge in [-0.3, -0.25) is 0 Å². The zero-order chi connectivity index (χ0) is 14.1. The lowest BCUT2D eigenvalue weighted by atomic mass is 10.1. The summed E-state index contributed by atoms with van der Waals surface area (Å²) in [6.45, 7) is 1.42. The minimum absolute atomic E-state index is 0.00597. The fourth-order valence-electron chi connectivity index (χ4n) is 1.51. The van der Waals surface area contributed by atoms with Crippen LogP contribution in [0.15, 0.2) is 23.1 Å². The second-order valence-corrected chi connectivity index (χ2v) is 5.46. The van der Waals surface area contributed by atoms with E-state index in [0.717, 1.165) is 6.07 Å². The lowest BCUT2D eigenvalue weighted by Crippen LogP contribution is -2.19. The molecule has 1 aromatic carbocycles. The smallest absolute Gasteiger partial charge is 0.393 e. The normalized spacial score (nSPS) is 14.6. The van der Waals surface area contributed by atoms with Gasteiger partial charge in [0.05, 0.1) is 16.6 Å². The third-order valence-corrected chi connectivity index (χ3v) is 3.16. The van der Waals surface area contributed by atoms with E-state index in [1.807, 2.05) is 0 Å². The van der Waals surface area contributed by atoms with Gasteiger partial charge >= 0.3 is 6.18 Å². The van der Waals surface area contributed by atoms with Crippen LogP contribution < -0.4 is 5.14 Å². The zero-order valence-corrected chi connectivity index (χ0v) is 10.2. The van der Waals surface area contributed by atoms with Gasteiger partial charge < -0.3 is 5.11 Å². The number of aliphatic hydroxyl groups excluding tert-OH is 1. The van der Waals surface area contributed by atoms with Gasteiger partial charge in [0, 0.05) is 0 Å². The maximum Gasteiger partial charge on any atom is 0.417 e. The van der Waals surface area contributed by atoms with Gasteiger partial charge in [0.2, 0.25) is 10.0 Å². The van der Waals surface area contributed by atoms with Crippen molar-refractivity contribution in [1.29, 1.82) is 0 Å². The van der Waals surface area contributed by atoms with Crippen molar-refractivity contribution >= 4 is 10.0 Å². The summed E-state index contributed by atoms with van der Waals surface area (Å²) in [7, 11) is -4.44. The minimum atomic E-state index is -4.82. The highest BCUT2D eigenvalue weighted by molar-refractivity contribution is 7.89. The number of aliphatic hydroxyl groups is 1. The quantitative estimate of drug-likeness (QED) is 0.876. The predicted molar refractivity (Wildman–Crippen MR) is 58.2 cm³/mol. The summed E-state index contributed by atoms with van der Waals surface area (Å²) in [6, 6.07) is 2.68. The van der Waals surface area contributed by atoms with Crippen LogP contribution in [-0.4, -0.2) is 19.6 Å². The molecule has 0 spiro atoms. The summed E-state index contributed by atoms with van der Waals surface area (Å²) >= 11 is 0. The number of hydrogen-bond donors (Lipinski definition) is 2. The molecule has 0 saturated carbocycles. The molecule has 0 aliphatic rings. The van der Waals surface area contributed by atoms with E-state index in [1.54, 1.807) is 0 Å². The lowest BCUT2D eigenvalue weighted by molar-refractivity contribution is -0.139. The zero-order valence-electron chi connectivity index (χ0n) is 9.40. The van der Waals surface area contributed by atoms with Crippen molar-refractivity contribution in [3.05, 3.63) is 29.3 Å². The molecule has 3 N–H and O–H groups in total. The van der Waals surface area contributed by atoms with Crippen LogP contribution in [0.2, 0.25) is 0 Å². The molecule has 0 heterocycles. The average molecular weight is 283 g/mol. The van der Waals surface area contributed by atoms with E-state index >= 15 is 0 Å². The van der Waals surface area contributed by atoms with E-state index in [4.69, 9.17) is 10.2 Å². The highest BCUT2D eigenvalue weighted by Gasteiger charge is 2.36. The predicted octanol–water partition coefficient (Wildman–Crippen LogP) is 1.28. The van der Waals surface area contributed by atoms with Crippen LogP contribution in [0.5, 0.6) is 0 Å². The number of hydrogen-bond acceptors (Lipinski definition) is 3. The van der Waals surface area contributed by atoms with E-state index < -0.39 is 32.8 Å². The first-order chi connectivity index (χ1) is 8.01. The molecule has 0 unspecified atom stereocenters. The number of sulfonamides is 1. The maximum absolute atomic E-state index is 12.7. The third-order valence-electron chi connectivity index (χ3n) is 2.19. The van der Waals surface area contributed by atoms with Crippen molar-refractivity contribution in [2.45, 2.75) is 30.5 Å². The Morgan fingerprint density at radius 1 is 1.39 bits per heavy atom. The molecule has 0 bridgehead atoms. The van der Waals surface area contributed by atoms with Crippen LogP contribution in [0.3, 0.4) is 0 Å². The molecule has 0 fully saturated rings. The minimum Gasteiger partial charge on any atom is -0.393 e. The molecule has 1 aromatic rings. The number of halogens is 3. The second kappa shape index (κ2) is 4.87. The van der Waals surface area contributed by atoms with Crippen LogP contribution in [0.4, 0.5) is 13.2 Å². The molecule has 0 aliphatic carbocycles. The Hall–Kier alpha value is -1.12. The van der Waals surface area contributed by atoms with Crippen molar-refractivity contribution in [2.75, 3.05) is 0 Å². The molecular formula is C10H12F3NO3S. The number of benzene rings is 1. The molecule has 8 heteroatoms. The monoisotopic (exact) mass is 283 g/mol. The topological polar surface area (TPSA) is 80.4 Å². The molecule has 0 aliphatic heterocycles. The Balaban J connectivity index is 3.40. The molecule has 18 heavy (non-hydrogen) atoms. The Kier molecular flexibility index (Phi) is 4.04. The molecule has 1 atom stereocenters. The summed E-state index contributed by atoms with van der Waals surface area (Å²) in [5.74, 6) is 0. The standard InChI is InChI=1S/C10H12F3NO3S/c1-6(15)4-7-2-3-9(18(14,16)17)8(5-7)10(11,12)13/h2-3,5-6,15H,4H2,1H3,(H2,14,16,17)/t6-/m0/s1. The van der Waals surface area contributed by atoms with Crippen molar-refractivity contribution in [3.8, 4) is 0 Å². The molecule has 0 amide bonds. The van der Waals surface area contributed by atoms with Gasteiger partial charge in [0.15, 0.2) is 0 Å². The molecule has 0 aromatic heterocycles. The van der Waals surface area contributed by atoms with Crippen LogP contribution in [0, 0.1) is 0 Å². The van der Waals surface area contributed by atoms with Crippen molar-refractivity contribution in [2.24, 2.45) is 5.14 Å². The summed E-state index contributed by atoms with van der Waals surface area (Å²) in [4.78, 5) is -0.968. The molecule has 4 nitrogen and oxygen atoms in total. The fourth-order valence-corrected chi connectivity index (χ4v) is 2.25. The van der Waals surface area contributed by atoms with Crippen LogP contribution >= 0.6 is 0 Å². The first-order valence-corrected chi connectivity index (χ1v) is 6.47. The van der Waals surface area contributed by atoms with Crippen LogP contribution in [0.25, 0.3) is 0 Å². The number of alkyl halides is 3. The van der Waals surface area contributed by atoms with Gasteiger partial charge in [-0.25, -0.2) is 13.6 Å². The van der Waals surface area contributed by atoms with E-state index in [2.05, 4.69) is 0 Å². The lowest BCUT2D eigenvalue weighted by Gasteiger charge is -2.13. The Labute approximate surface area is 102 Å². The van der Waals surface area contributed by atoms with Gasteiger partial charge in [0.1, 0.15) is 0 Å². The maximum atomic E-state index is 12.7. The highest BCUT2D eigenvalue weighted by atomic mass is 32.2. The average Bonchev–Trinajstić information content (AvgIpc) is 2.13. The summed E-state index contributed by atoms with van der Waals surface area (Å²) < 4.78 is 60.3. The molecule has 0 saturated heterocycles. The van der Waals surface area contributed by atoms with Gasteiger partial charge in [-0.2, -0.15) is 13.2 Å². The molecule has 102 valence electrons. The Bertz CT molecular complexity index is 538. The summed E-state index contributed by atoms with van der Waals surface area (Å²) in [6.07, 6.45) is -5.66. The summed E-state index contributed by atoms with van der Waals surface area (Å²) in [5.41, 5.74) is -1.13. The van der Waals surface area contributed by atoms with E-state index in [9.17, 15) is 21.6 Å². The number of nitrogens with two attached hydrogens (primary N) is 1. The Morgan fingerprint density at radius 3 is 2.33 bits per heavy atom. The SMILES string of the molecule is C[C@H](O)Cc1ccc(S(N)(=O)=O)c(C(F)(F)F)c1. The largest absolute Gasteiger partial charge is 0.417 e. The summed E-state index contributed by atoms with van der Waals surface area (Å²) in [5, 5.41) is 13.8. The van der Waals surface area contributed by atoms with E-state index in [0.29, 0.717) is 6.07 Å². The van der Waals surface area contributed by atoms with Gasteiger partial charge in [-0.15, -0.1) is 0 Å². The first kappa shape index (κ1) is 14.9. The van der Waals surface area contributed by atoms with Crippen LogP contribution in [-0.2, 0) is 22.6 Å². The molecule has 0 radical (unpaired) electrons. The van der Waals surface area contributed by atoms with Crippen molar-refractivity contribution < 1.29 is 26.7 Å². The second-order valence-electron chi connectivity index (χ2n) is 3.93. The highest BCUT2D eigenvalue weighted by Crippen LogP contribution is 2.34. The van der Waals surface area contributed by atoms with Gasteiger partial charge in [-0.1, -0.05) is 6.07 Å². The van der Waals surface area contributed by atoms with Crippen LogP contribution in [0.1, 0.15) is 18.1 Å². The number of rotatable bonds is 3. The van der Waals surface area contributed by atoms with Gasteiger partial charge in [-0.05, 0) is 31.0 Å². The Morgan fingerprint density at radius 2 is 1.94 bits per heavy atom. The molecule has 1 rings (SSSR count). The van der Waals surface area contributed by atoms with Crippen molar-refractivity contribution in [1.82, 2.24) is 0 Å². The first-order valence-electron chi connectivity index (χ1n) is 4.93.